The normalized spacial score (nSPS) is 17.8. The molecule has 146 valence electrons. The van der Waals surface area contributed by atoms with Gasteiger partial charge in [0.25, 0.3) is 5.91 Å². The minimum atomic E-state index is -0.171. The van der Waals surface area contributed by atoms with Gasteiger partial charge in [-0.05, 0) is 43.0 Å². The Morgan fingerprint density at radius 1 is 1.11 bits per heavy atom. The number of pyridine rings is 2. The fourth-order valence-electron chi connectivity index (χ4n) is 3.98. The first-order valence-electron chi connectivity index (χ1n) is 9.93. The molecule has 0 atom stereocenters. The minimum absolute atomic E-state index is 0.0725. The van der Waals surface area contributed by atoms with Crippen molar-refractivity contribution in [1.82, 2.24) is 20.2 Å². The van der Waals surface area contributed by atoms with Gasteiger partial charge in [0.05, 0.1) is 5.56 Å². The average molecular weight is 379 g/mol. The van der Waals surface area contributed by atoms with Gasteiger partial charge >= 0.3 is 6.03 Å². The van der Waals surface area contributed by atoms with Crippen LogP contribution in [0.3, 0.4) is 0 Å². The number of hydrogen-bond acceptors (Lipinski definition) is 4. The lowest BCUT2D eigenvalue weighted by atomic mass is 10.1. The lowest BCUT2D eigenvalue weighted by Gasteiger charge is -2.38. The summed E-state index contributed by atoms with van der Waals surface area (Å²) in [6.45, 7) is 1.92. The molecule has 2 aliphatic rings. The lowest BCUT2D eigenvalue weighted by Crippen LogP contribution is -2.53. The molecule has 1 N–H and O–H groups in total. The predicted octanol–water partition coefficient (Wildman–Crippen LogP) is 2.98. The van der Waals surface area contributed by atoms with E-state index in [1.165, 1.54) is 19.0 Å². The summed E-state index contributed by atoms with van der Waals surface area (Å²) in [5, 5.41) is 2.86. The van der Waals surface area contributed by atoms with Crippen molar-refractivity contribution < 1.29 is 9.59 Å². The van der Waals surface area contributed by atoms with Crippen LogP contribution >= 0.6 is 0 Å². The Morgan fingerprint density at radius 3 is 2.68 bits per heavy atom. The zero-order valence-electron chi connectivity index (χ0n) is 15.9. The molecule has 2 fully saturated rings. The number of nitrogens with one attached hydrogen (secondary N) is 1. The van der Waals surface area contributed by atoms with Gasteiger partial charge in [-0.25, -0.2) is 9.78 Å². The number of hydrogen-bond donors (Lipinski definition) is 1. The van der Waals surface area contributed by atoms with Crippen molar-refractivity contribution in [3.8, 4) is 0 Å². The number of aromatic nitrogens is 2. The fraction of sp³-hybridized carbons (Fsp3) is 0.429. The highest BCUT2D eigenvalue weighted by Gasteiger charge is 2.33. The maximum Gasteiger partial charge on any atom is 0.325 e. The van der Waals surface area contributed by atoms with Gasteiger partial charge in [-0.3, -0.25) is 14.7 Å². The molecule has 1 aliphatic carbocycles. The van der Waals surface area contributed by atoms with Crippen molar-refractivity contribution in [2.45, 2.75) is 44.7 Å². The predicted molar refractivity (Wildman–Crippen MR) is 106 cm³/mol. The summed E-state index contributed by atoms with van der Waals surface area (Å²) in [4.78, 5) is 37.3. The molecule has 7 heteroatoms. The topological polar surface area (TPSA) is 78.4 Å². The van der Waals surface area contributed by atoms with Gasteiger partial charge in [0.2, 0.25) is 0 Å². The van der Waals surface area contributed by atoms with E-state index >= 15 is 0 Å². The highest BCUT2D eigenvalue weighted by atomic mass is 16.2. The third-order valence-electron chi connectivity index (χ3n) is 5.49. The lowest BCUT2D eigenvalue weighted by molar-refractivity contribution is 0.0950. The molecule has 1 saturated heterocycles. The second-order valence-electron chi connectivity index (χ2n) is 7.37. The molecular formula is C21H25N5O2. The van der Waals surface area contributed by atoms with E-state index in [0.717, 1.165) is 31.4 Å². The van der Waals surface area contributed by atoms with Crippen molar-refractivity contribution in [2.75, 3.05) is 18.0 Å². The van der Waals surface area contributed by atoms with Gasteiger partial charge in [0, 0.05) is 44.3 Å². The summed E-state index contributed by atoms with van der Waals surface area (Å²) in [6.07, 6.45) is 10.5. The SMILES string of the molecule is O=C(NCc1ccc(N2CCCN(C3CCCC3)C2=O)nc1)c1cccnc1. The third-order valence-corrected chi connectivity index (χ3v) is 5.49. The molecule has 7 nitrogen and oxygen atoms in total. The van der Waals surface area contributed by atoms with Crippen molar-refractivity contribution >= 4 is 17.8 Å². The first kappa shape index (κ1) is 18.4. The minimum Gasteiger partial charge on any atom is -0.348 e. The van der Waals surface area contributed by atoms with E-state index in [0.29, 0.717) is 30.5 Å². The number of amides is 3. The first-order chi connectivity index (χ1) is 13.7. The van der Waals surface area contributed by atoms with Crippen LogP contribution in [0.4, 0.5) is 10.6 Å². The monoisotopic (exact) mass is 379 g/mol. The summed E-state index contributed by atoms with van der Waals surface area (Å²) < 4.78 is 0. The number of carbonyl (C=O) groups excluding carboxylic acids is 2. The van der Waals surface area contributed by atoms with Gasteiger partial charge < -0.3 is 10.2 Å². The Balaban J connectivity index is 1.37. The van der Waals surface area contributed by atoms with Crippen LogP contribution in [-0.4, -0.2) is 45.9 Å². The Kier molecular flexibility index (Phi) is 5.50. The van der Waals surface area contributed by atoms with Gasteiger partial charge in [0.15, 0.2) is 0 Å². The zero-order valence-corrected chi connectivity index (χ0v) is 15.9. The van der Waals surface area contributed by atoms with Crippen molar-refractivity contribution in [2.24, 2.45) is 0 Å². The molecule has 3 heterocycles. The van der Waals surface area contributed by atoms with Crippen LogP contribution in [-0.2, 0) is 6.54 Å². The molecule has 1 aliphatic heterocycles. The summed E-state index contributed by atoms with van der Waals surface area (Å²) in [5.41, 5.74) is 1.41. The molecule has 0 unspecified atom stereocenters. The van der Waals surface area contributed by atoms with Crippen LogP contribution in [0.15, 0.2) is 42.9 Å². The quantitative estimate of drug-likeness (QED) is 0.866. The van der Waals surface area contributed by atoms with Crippen LogP contribution in [0.25, 0.3) is 0 Å². The highest BCUT2D eigenvalue weighted by molar-refractivity contribution is 5.94. The summed E-state index contributed by atoms with van der Waals surface area (Å²) in [5.74, 6) is 0.505. The van der Waals surface area contributed by atoms with E-state index in [4.69, 9.17) is 0 Å². The molecule has 1 saturated carbocycles. The molecule has 0 radical (unpaired) electrons. The Morgan fingerprint density at radius 2 is 1.96 bits per heavy atom. The molecule has 4 rings (SSSR count). The molecular weight excluding hydrogens is 354 g/mol. The summed E-state index contributed by atoms with van der Waals surface area (Å²) >= 11 is 0. The maximum atomic E-state index is 12.9. The smallest absolute Gasteiger partial charge is 0.325 e. The number of anilines is 1. The summed E-state index contributed by atoms with van der Waals surface area (Å²) in [7, 11) is 0. The van der Waals surface area contributed by atoms with Crippen molar-refractivity contribution in [3.63, 3.8) is 0 Å². The highest BCUT2D eigenvalue weighted by Crippen LogP contribution is 2.28. The molecule has 28 heavy (non-hydrogen) atoms. The second kappa shape index (κ2) is 8.37. The van der Waals surface area contributed by atoms with E-state index < -0.39 is 0 Å². The van der Waals surface area contributed by atoms with Crippen molar-refractivity contribution in [3.05, 3.63) is 54.0 Å². The van der Waals surface area contributed by atoms with E-state index in [1.807, 2.05) is 17.0 Å². The number of urea groups is 1. The molecule has 0 spiro atoms. The molecule has 0 bridgehead atoms. The number of nitrogens with zero attached hydrogens (tertiary/aromatic N) is 4. The van der Waals surface area contributed by atoms with Gasteiger partial charge in [-0.1, -0.05) is 18.9 Å². The second-order valence-corrected chi connectivity index (χ2v) is 7.37. The standard InChI is InChI=1S/C21H25N5O2/c27-20(17-5-3-10-22-15-17)24-14-16-8-9-19(23-13-16)26-12-4-11-25(21(26)28)18-6-1-2-7-18/h3,5,8-10,13,15,18H,1-2,4,6-7,11-12,14H2,(H,24,27). The van der Waals surface area contributed by atoms with E-state index in [2.05, 4.69) is 15.3 Å². The maximum absolute atomic E-state index is 12.9. The molecule has 3 amide bonds. The third kappa shape index (κ3) is 3.98. The Bertz CT molecular complexity index is 818. The van der Waals surface area contributed by atoms with Gasteiger partial charge in [0.1, 0.15) is 5.82 Å². The molecule has 2 aromatic heterocycles. The van der Waals surface area contributed by atoms with Gasteiger partial charge in [-0.2, -0.15) is 0 Å². The molecule has 0 aromatic carbocycles. The van der Waals surface area contributed by atoms with Crippen LogP contribution < -0.4 is 10.2 Å². The van der Waals surface area contributed by atoms with Gasteiger partial charge in [-0.15, -0.1) is 0 Å². The van der Waals surface area contributed by atoms with Crippen LogP contribution in [0.5, 0.6) is 0 Å². The van der Waals surface area contributed by atoms with Crippen molar-refractivity contribution in [1.29, 1.82) is 0 Å². The van der Waals surface area contributed by atoms with E-state index in [-0.39, 0.29) is 11.9 Å². The fourth-order valence-corrected chi connectivity index (χ4v) is 3.98. The molecule has 2 aromatic rings. The zero-order chi connectivity index (χ0) is 19.3. The van der Waals surface area contributed by atoms with E-state index in [1.54, 1.807) is 29.4 Å². The summed E-state index contributed by atoms with van der Waals surface area (Å²) in [6, 6.07) is 7.69. The Labute approximate surface area is 164 Å². The first-order valence-corrected chi connectivity index (χ1v) is 9.93. The largest absolute Gasteiger partial charge is 0.348 e. The average Bonchev–Trinajstić information content (AvgIpc) is 3.28. The van der Waals surface area contributed by atoms with Crippen LogP contribution in [0, 0.1) is 0 Å². The van der Waals surface area contributed by atoms with Crippen LogP contribution in [0.1, 0.15) is 48.0 Å². The number of rotatable bonds is 5. The van der Waals surface area contributed by atoms with Crippen LogP contribution in [0.2, 0.25) is 0 Å². The number of carbonyl (C=O) groups is 2. The van der Waals surface area contributed by atoms with E-state index in [9.17, 15) is 9.59 Å². The Hall–Kier alpha value is -2.96.